The van der Waals surface area contributed by atoms with Gasteiger partial charge in [0, 0.05) is 6.92 Å². The molecule has 0 heterocycles. The van der Waals surface area contributed by atoms with E-state index in [9.17, 15) is 4.79 Å². The normalized spacial score (nSPS) is 13.4. The topological polar surface area (TPSA) is 38.3 Å². The molecule has 3 nitrogen and oxygen atoms in total. The second-order valence-corrected chi connectivity index (χ2v) is 14.3. The molecule has 0 aromatic heterocycles. The second-order valence-electron chi connectivity index (χ2n) is 9.96. The summed E-state index contributed by atoms with van der Waals surface area (Å²) in [5.41, 5.74) is 2.31. The number of carbonyl (C=O) groups excluding carboxylic acids is 1. The van der Waals surface area contributed by atoms with Crippen molar-refractivity contribution in [3.05, 3.63) is 108 Å². The van der Waals surface area contributed by atoms with E-state index in [0.717, 1.165) is 12.0 Å². The van der Waals surface area contributed by atoms with Gasteiger partial charge < -0.3 is 9.74 Å². The van der Waals surface area contributed by atoms with Gasteiger partial charge in [0.25, 0.3) is 8.32 Å². The molecule has 1 N–H and O–H groups in total. The highest BCUT2D eigenvalue weighted by Gasteiger charge is 2.50. The number of rotatable bonds is 9. The van der Waals surface area contributed by atoms with Crippen LogP contribution in [0.1, 0.15) is 40.2 Å². The van der Waals surface area contributed by atoms with E-state index in [4.69, 9.17) is 4.43 Å². The summed E-state index contributed by atoms with van der Waals surface area (Å²) in [5, 5.41) is 5.55. The SMILES string of the molecule is CC(=O)N[C@H](/C=C(\C)CO[Si](c1ccccc1)(c1ccccc1)C(C)(C)C)Cc1ccccc1. The minimum Gasteiger partial charge on any atom is -0.403 e. The van der Waals surface area contributed by atoms with Gasteiger partial charge in [0.05, 0.1) is 12.6 Å². The third kappa shape index (κ3) is 6.34. The molecule has 1 amide bonds. The highest BCUT2D eigenvalue weighted by molar-refractivity contribution is 6.99. The molecule has 3 rings (SSSR count). The van der Waals surface area contributed by atoms with Crippen molar-refractivity contribution in [3.8, 4) is 0 Å². The summed E-state index contributed by atoms with van der Waals surface area (Å²) in [4.78, 5) is 11.9. The minimum absolute atomic E-state index is 0.0297. The van der Waals surface area contributed by atoms with E-state index in [2.05, 4.69) is 112 Å². The van der Waals surface area contributed by atoms with Crippen LogP contribution >= 0.6 is 0 Å². The van der Waals surface area contributed by atoms with E-state index in [1.54, 1.807) is 6.92 Å². The third-order valence-corrected chi connectivity index (χ3v) is 11.1. The van der Waals surface area contributed by atoms with Gasteiger partial charge in [-0.25, -0.2) is 0 Å². The molecule has 0 fully saturated rings. The van der Waals surface area contributed by atoms with Crippen LogP contribution in [0.3, 0.4) is 0 Å². The van der Waals surface area contributed by atoms with Crippen LogP contribution in [0.15, 0.2) is 103 Å². The van der Waals surface area contributed by atoms with Crippen LogP contribution in [0.2, 0.25) is 5.04 Å². The zero-order valence-electron chi connectivity index (χ0n) is 21.0. The van der Waals surface area contributed by atoms with Gasteiger partial charge in [-0.2, -0.15) is 0 Å². The second kappa shape index (κ2) is 11.5. The molecule has 34 heavy (non-hydrogen) atoms. The molecule has 0 spiro atoms. The molecule has 0 unspecified atom stereocenters. The number of hydrogen-bond acceptors (Lipinski definition) is 2. The molecule has 0 aliphatic carbocycles. The lowest BCUT2D eigenvalue weighted by atomic mass is 10.0. The van der Waals surface area contributed by atoms with E-state index >= 15 is 0 Å². The maximum absolute atomic E-state index is 11.9. The van der Waals surface area contributed by atoms with Gasteiger partial charge in [-0.15, -0.1) is 0 Å². The molecule has 178 valence electrons. The van der Waals surface area contributed by atoms with Crippen molar-refractivity contribution in [2.45, 2.75) is 52.1 Å². The Hall–Kier alpha value is -2.95. The van der Waals surface area contributed by atoms with Crippen LogP contribution in [0, 0.1) is 0 Å². The molecule has 0 saturated carbocycles. The predicted octanol–water partition coefficient (Wildman–Crippen LogP) is 5.26. The van der Waals surface area contributed by atoms with E-state index in [1.807, 2.05) is 18.2 Å². The smallest absolute Gasteiger partial charge is 0.261 e. The van der Waals surface area contributed by atoms with E-state index in [1.165, 1.54) is 15.9 Å². The highest BCUT2D eigenvalue weighted by atomic mass is 28.4. The maximum Gasteiger partial charge on any atom is 0.261 e. The molecule has 0 aliphatic heterocycles. The Labute approximate surface area is 206 Å². The number of hydrogen-bond donors (Lipinski definition) is 1. The first-order chi connectivity index (χ1) is 16.2. The summed E-state index contributed by atoms with van der Waals surface area (Å²) in [6.45, 7) is 11.0. The van der Waals surface area contributed by atoms with Crippen molar-refractivity contribution in [2.24, 2.45) is 0 Å². The molecule has 3 aromatic rings. The minimum atomic E-state index is -2.60. The molecule has 0 saturated heterocycles. The quantitative estimate of drug-likeness (QED) is 0.342. The van der Waals surface area contributed by atoms with E-state index < -0.39 is 8.32 Å². The molecule has 0 aliphatic rings. The summed E-state index contributed by atoms with van der Waals surface area (Å²) in [6.07, 6.45) is 2.89. The zero-order valence-corrected chi connectivity index (χ0v) is 22.0. The number of benzene rings is 3. The van der Waals surface area contributed by atoms with Crippen LogP contribution in [-0.2, 0) is 15.6 Å². The zero-order chi connectivity index (χ0) is 24.6. The first kappa shape index (κ1) is 25.7. The van der Waals surface area contributed by atoms with Crippen molar-refractivity contribution in [1.29, 1.82) is 0 Å². The summed E-state index contributed by atoms with van der Waals surface area (Å²) in [5.74, 6) is -0.0297. The van der Waals surface area contributed by atoms with Crippen molar-refractivity contribution in [1.82, 2.24) is 5.32 Å². The predicted molar refractivity (Wildman–Crippen MR) is 145 cm³/mol. The average molecular weight is 472 g/mol. The molecular weight excluding hydrogens is 434 g/mol. The Morgan fingerprint density at radius 3 is 1.76 bits per heavy atom. The summed E-state index contributed by atoms with van der Waals surface area (Å²) in [7, 11) is -2.60. The Morgan fingerprint density at radius 2 is 1.32 bits per heavy atom. The van der Waals surface area contributed by atoms with Crippen LogP contribution in [0.5, 0.6) is 0 Å². The monoisotopic (exact) mass is 471 g/mol. The number of nitrogens with one attached hydrogen (secondary N) is 1. The van der Waals surface area contributed by atoms with Gasteiger partial charge in [0.1, 0.15) is 0 Å². The van der Waals surface area contributed by atoms with Gasteiger partial charge in [-0.05, 0) is 34.3 Å². The summed E-state index contributed by atoms with van der Waals surface area (Å²) >= 11 is 0. The van der Waals surface area contributed by atoms with Gasteiger partial charge >= 0.3 is 0 Å². The average Bonchev–Trinajstić information content (AvgIpc) is 2.80. The standard InChI is InChI=1S/C30H37NO2Si/c1-24(21-27(31-25(2)32)22-26-15-9-6-10-16-26)23-33-34(30(3,4)5,28-17-11-7-12-18-28)29-19-13-8-14-20-29/h6-21,27H,22-23H2,1-5H3,(H,31,32)/b24-21+/t27-/m1/s1. The summed E-state index contributed by atoms with van der Waals surface area (Å²) < 4.78 is 7.04. The van der Waals surface area contributed by atoms with Crippen molar-refractivity contribution in [2.75, 3.05) is 6.61 Å². The van der Waals surface area contributed by atoms with Crippen molar-refractivity contribution < 1.29 is 9.22 Å². The number of carbonyl (C=O) groups is 1. The van der Waals surface area contributed by atoms with E-state index in [0.29, 0.717) is 6.61 Å². The van der Waals surface area contributed by atoms with Crippen LogP contribution in [0.4, 0.5) is 0 Å². The van der Waals surface area contributed by atoms with Gasteiger partial charge in [0.2, 0.25) is 5.91 Å². The lowest BCUT2D eigenvalue weighted by Gasteiger charge is -2.43. The van der Waals surface area contributed by atoms with Gasteiger partial charge in [0.15, 0.2) is 0 Å². The Kier molecular flexibility index (Phi) is 8.65. The molecule has 0 radical (unpaired) electrons. The van der Waals surface area contributed by atoms with Gasteiger partial charge in [-0.1, -0.05) is 123 Å². The largest absolute Gasteiger partial charge is 0.403 e. The number of amides is 1. The molecular formula is C30H37NO2Si. The Bertz CT molecular complexity index is 1030. The highest BCUT2D eigenvalue weighted by Crippen LogP contribution is 2.37. The Balaban J connectivity index is 1.93. The van der Waals surface area contributed by atoms with Crippen LogP contribution in [0.25, 0.3) is 0 Å². The van der Waals surface area contributed by atoms with Crippen molar-refractivity contribution in [3.63, 3.8) is 0 Å². The molecule has 3 aromatic carbocycles. The lowest BCUT2D eigenvalue weighted by Crippen LogP contribution is -2.66. The Morgan fingerprint density at radius 1 is 0.853 bits per heavy atom. The third-order valence-electron chi connectivity index (χ3n) is 6.11. The van der Waals surface area contributed by atoms with Gasteiger partial charge in [-0.3, -0.25) is 4.79 Å². The first-order valence-corrected chi connectivity index (χ1v) is 13.9. The van der Waals surface area contributed by atoms with Crippen LogP contribution < -0.4 is 15.7 Å². The summed E-state index contributed by atoms with van der Waals surface area (Å²) in [6, 6.07) is 31.5. The van der Waals surface area contributed by atoms with Crippen molar-refractivity contribution >= 4 is 24.6 Å². The molecule has 1 atom stereocenters. The fourth-order valence-electron chi connectivity index (χ4n) is 4.66. The fourth-order valence-corrected chi connectivity index (χ4v) is 9.26. The van der Waals surface area contributed by atoms with Crippen LogP contribution in [-0.4, -0.2) is 26.9 Å². The van der Waals surface area contributed by atoms with E-state index in [-0.39, 0.29) is 17.0 Å². The lowest BCUT2D eigenvalue weighted by molar-refractivity contribution is -0.119. The maximum atomic E-state index is 11.9. The fraction of sp³-hybridized carbons (Fsp3) is 0.300. The molecule has 4 heteroatoms. The first-order valence-electron chi connectivity index (χ1n) is 12.0. The molecule has 0 bridgehead atoms.